The van der Waals surface area contributed by atoms with Gasteiger partial charge in [-0.15, -0.1) is 0 Å². The normalized spacial score (nSPS) is 21.0. The van der Waals surface area contributed by atoms with Crippen molar-refractivity contribution in [2.75, 3.05) is 26.2 Å². The van der Waals surface area contributed by atoms with E-state index in [2.05, 4.69) is 24.1 Å². The monoisotopic (exact) mass is 268 g/mol. The van der Waals surface area contributed by atoms with Crippen LogP contribution in [-0.2, 0) is 6.42 Å². The summed E-state index contributed by atoms with van der Waals surface area (Å²) in [5.74, 6) is -0.375. The van der Waals surface area contributed by atoms with Crippen LogP contribution in [0.2, 0.25) is 0 Å². The molecule has 1 N–H and O–H groups in total. The molecule has 0 radical (unpaired) electrons. The summed E-state index contributed by atoms with van der Waals surface area (Å²) in [4.78, 5) is 2.37. The maximum atomic E-state index is 13.1. The molecule has 0 bridgehead atoms. The fourth-order valence-corrected chi connectivity index (χ4v) is 2.53. The summed E-state index contributed by atoms with van der Waals surface area (Å²) < 4.78 is 26.2. The number of benzene rings is 1. The Morgan fingerprint density at radius 3 is 2.58 bits per heavy atom. The Morgan fingerprint density at radius 2 is 1.95 bits per heavy atom. The molecule has 1 aliphatic heterocycles. The zero-order valence-corrected chi connectivity index (χ0v) is 11.6. The number of halogens is 2. The SMILES string of the molecule is CC(C)C1CN(CCc2cc(F)cc(F)c2)CCN1. The molecule has 0 saturated carbocycles. The highest BCUT2D eigenvalue weighted by atomic mass is 19.1. The molecule has 1 aliphatic rings. The largest absolute Gasteiger partial charge is 0.311 e. The Hall–Kier alpha value is -1.00. The number of hydrogen-bond donors (Lipinski definition) is 1. The lowest BCUT2D eigenvalue weighted by Gasteiger charge is -2.35. The molecule has 1 saturated heterocycles. The molecule has 1 fully saturated rings. The van der Waals surface area contributed by atoms with E-state index < -0.39 is 11.6 Å². The highest BCUT2D eigenvalue weighted by molar-refractivity contribution is 5.18. The number of piperazine rings is 1. The van der Waals surface area contributed by atoms with E-state index in [1.54, 1.807) is 0 Å². The summed E-state index contributed by atoms with van der Waals surface area (Å²) in [6.45, 7) is 8.27. The predicted molar refractivity (Wildman–Crippen MR) is 73.1 cm³/mol. The van der Waals surface area contributed by atoms with Crippen LogP contribution in [0.25, 0.3) is 0 Å². The van der Waals surface area contributed by atoms with Crippen LogP contribution in [0.3, 0.4) is 0 Å². The second-order valence-electron chi connectivity index (χ2n) is 5.63. The Balaban J connectivity index is 1.87. The van der Waals surface area contributed by atoms with Gasteiger partial charge in [-0.25, -0.2) is 8.78 Å². The van der Waals surface area contributed by atoms with Gasteiger partial charge in [0.25, 0.3) is 0 Å². The average Bonchev–Trinajstić information content (AvgIpc) is 2.35. The smallest absolute Gasteiger partial charge is 0.126 e. The molecular formula is C15H22F2N2. The van der Waals surface area contributed by atoms with Gasteiger partial charge in [0.05, 0.1) is 0 Å². The van der Waals surface area contributed by atoms with Crippen LogP contribution in [0.4, 0.5) is 8.78 Å². The van der Waals surface area contributed by atoms with Crippen molar-refractivity contribution in [2.45, 2.75) is 26.3 Å². The minimum absolute atomic E-state index is 0.490. The second-order valence-corrected chi connectivity index (χ2v) is 5.63. The lowest BCUT2D eigenvalue weighted by Crippen LogP contribution is -2.53. The van der Waals surface area contributed by atoms with Gasteiger partial charge in [0.15, 0.2) is 0 Å². The molecule has 1 aromatic carbocycles. The van der Waals surface area contributed by atoms with Gasteiger partial charge in [-0.05, 0) is 30.0 Å². The maximum Gasteiger partial charge on any atom is 0.126 e. The van der Waals surface area contributed by atoms with Crippen molar-refractivity contribution in [3.8, 4) is 0 Å². The van der Waals surface area contributed by atoms with Crippen molar-refractivity contribution in [1.29, 1.82) is 0 Å². The third kappa shape index (κ3) is 4.25. The molecular weight excluding hydrogens is 246 g/mol. The van der Waals surface area contributed by atoms with E-state index in [-0.39, 0.29) is 0 Å². The van der Waals surface area contributed by atoms with E-state index in [0.29, 0.717) is 18.4 Å². The Bertz CT molecular complexity index is 400. The highest BCUT2D eigenvalue weighted by Gasteiger charge is 2.21. The van der Waals surface area contributed by atoms with E-state index >= 15 is 0 Å². The summed E-state index contributed by atoms with van der Waals surface area (Å²) >= 11 is 0. The summed E-state index contributed by atoms with van der Waals surface area (Å²) in [6.07, 6.45) is 0.694. The summed E-state index contributed by atoms with van der Waals surface area (Å²) in [5, 5.41) is 3.50. The predicted octanol–water partition coefficient (Wildman–Crippen LogP) is 2.44. The first-order valence-corrected chi connectivity index (χ1v) is 6.95. The van der Waals surface area contributed by atoms with E-state index in [0.717, 1.165) is 37.8 Å². The zero-order valence-electron chi connectivity index (χ0n) is 11.6. The Kier molecular flexibility index (Phi) is 4.88. The van der Waals surface area contributed by atoms with E-state index in [9.17, 15) is 8.78 Å². The number of rotatable bonds is 4. The molecule has 0 amide bonds. The van der Waals surface area contributed by atoms with Crippen LogP contribution in [0.15, 0.2) is 18.2 Å². The van der Waals surface area contributed by atoms with Gasteiger partial charge in [0.1, 0.15) is 11.6 Å². The van der Waals surface area contributed by atoms with Gasteiger partial charge < -0.3 is 10.2 Å². The average molecular weight is 268 g/mol. The topological polar surface area (TPSA) is 15.3 Å². The van der Waals surface area contributed by atoms with Gasteiger partial charge in [-0.1, -0.05) is 13.8 Å². The summed E-state index contributed by atoms with van der Waals surface area (Å²) in [6, 6.07) is 4.28. The molecule has 0 spiro atoms. The highest BCUT2D eigenvalue weighted by Crippen LogP contribution is 2.12. The number of hydrogen-bond acceptors (Lipinski definition) is 2. The molecule has 19 heavy (non-hydrogen) atoms. The fraction of sp³-hybridized carbons (Fsp3) is 0.600. The quantitative estimate of drug-likeness (QED) is 0.902. The van der Waals surface area contributed by atoms with Crippen molar-refractivity contribution >= 4 is 0 Å². The molecule has 1 atom stereocenters. The fourth-order valence-electron chi connectivity index (χ4n) is 2.53. The van der Waals surface area contributed by atoms with Crippen molar-refractivity contribution in [3.63, 3.8) is 0 Å². The van der Waals surface area contributed by atoms with Gasteiger partial charge in [-0.2, -0.15) is 0 Å². The van der Waals surface area contributed by atoms with Crippen LogP contribution in [0, 0.1) is 17.6 Å². The van der Waals surface area contributed by atoms with Gasteiger partial charge >= 0.3 is 0 Å². The molecule has 2 rings (SSSR count). The first kappa shape index (κ1) is 14.4. The molecule has 1 unspecified atom stereocenters. The summed E-state index contributed by atoms with van der Waals surface area (Å²) in [7, 11) is 0. The van der Waals surface area contributed by atoms with E-state index in [1.165, 1.54) is 12.1 Å². The molecule has 0 aliphatic carbocycles. The minimum Gasteiger partial charge on any atom is -0.311 e. The standard InChI is InChI=1S/C15H22F2N2/c1-11(2)15-10-19(6-4-18-15)5-3-12-7-13(16)9-14(17)8-12/h7-9,11,15,18H,3-6,10H2,1-2H3. The van der Waals surface area contributed by atoms with Crippen LogP contribution in [0.5, 0.6) is 0 Å². The van der Waals surface area contributed by atoms with Crippen LogP contribution < -0.4 is 5.32 Å². The minimum atomic E-state index is -0.490. The van der Waals surface area contributed by atoms with Crippen LogP contribution in [-0.4, -0.2) is 37.1 Å². The van der Waals surface area contributed by atoms with Gasteiger partial charge in [-0.3, -0.25) is 0 Å². The van der Waals surface area contributed by atoms with Crippen LogP contribution in [0.1, 0.15) is 19.4 Å². The van der Waals surface area contributed by atoms with Crippen LogP contribution >= 0.6 is 0 Å². The molecule has 106 valence electrons. The molecule has 0 aromatic heterocycles. The van der Waals surface area contributed by atoms with E-state index in [1.807, 2.05) is 0 Å². The number of nitrogens with one attached hydrogen (secondary N) is 1. The Labute approximate surface area is 113 Å². The molecule has 4 heteroatoms. The molecule has 2 nitrogen and oxygen atoms in total. The van der Waals surface area contributed by atoms with Crippen molar-refractivity contribution in [3.05, 3.63) is 35.4 Å². The lowest BCUT2D eigenvalue weighted by atomic mass is 10.0. The van der Waals surface area contributed by atoms with E-state index in [4.69, 9.17) is 0 Å². The lowest BCUT2D eigenvalue weighted by molar-refractivity contribution is 0.177. The molecule has 1 heterocycles. The first-order valence-electron chi connectivity index (χ1n) is 6.95. The number of nitrogens with zero attached hydrogens (tertiary/aromatic N) is 1. The third-order valence-corrected chi connectivity index (χ3v) is 3.73. The first-order chi connectivity index (χ1) is 9.04. The van der Waals surface area contributed by atoms with Crippen molar-refractivity contribution < 1.29 is 8.78 Å². The van der Waals surface area contributed by atoms with Gasteiger partial charge in [0, 0.05) is 38.3 Å². The second kappa shape index (κ2) is 6.44. The zero-order chi connectivity index (χ0) is 13.8. The van der Waals surface area contributed by atoms with Crippen molar-refractivity contribution in [2.24, 2.45) is 5.92 Å². The maximum absolute atomic E-state index is 13.1. The molecule has 1 aromatic rings. The van der Waals surface area contributed by atoms with Gasteiger partial charge in [0.2, 0.25) is 0 Å². The third-order valence-electron chi connectivity index (χ3n) is 3.73. The summed E-state index contributed by atoms with van der Waals surface area (Å²) in [5.41, 5.74) is 0.733. The Morgan fingerprint density at radius 1 is 1.26 bits per heavy atom. The van der Waals surface area contributed by atoms with Crippen molar-refractivity contribution in [1.82, 2.24) is 10.2 Å².